The van der Waals surface area contributed by atoms with Gasteiger partial charge in [-0.15, -0.1) is 0 Å². The second-order valence-corrected chi connectivity index (χ2v) is 9.73. The van der Waals surface area contributed by atoms with E-state index in [2.05, 4.69) is 0 Å². The van der Waals surface area contributed by atoms with Crippen molar-refractivity contribution in [2.24, 2.45) is 5.41 Å². The minimum Gasteiger partial charge on any atom is -0.465 e. The van der Waals surface area contributed by atoms with Crippen LogP contribution in [0.2, 0.25) is 0 Å². The van der Waals surface area contributed by atoms with E-state index in [9.17, 15) is 18.0 Å². The highest BCUT2D eigenvalue weighted by Gasteiger charge is 2.81. The molecule has 166 valence electrons. The lowest BCUT2D eigenvalue weighted by Crippen LogP contribution is -2.35. The van der Waals surface area contributed by atoms with Gasteiger partial charge in [-0.2, -0.15) is 0 Å². The zero-order chi connectivity index (χ0) is 22.8. The Balaban J connectivity index is 2.18. The smallest absolute Gasteiger partial charge is 0.325 e. The molecule has 2 aromatic carbocycles. The van der Waals surface area contributed by atoms with Crippen LogP contribution in [0.15, 0.2) is 53.4 Å². The molecule has 0 aromatic heterocycles. The van der Waals surface area contributed by atoms with Crippen molar-refractivity contribution < 1.29 is 27.5 Å². The first-order chi connectivity index (χ1) is 14.7. The Bertz CT molecular complexity index is 1040. The molecule has 0 aliphatic heterocycles. The number of ether oxygens (including phenoxy) is 2. The van der Waals surface area contributed by atoms with Crippen LogP contribution < -0.4 is 0 Å². The zero-order valence-electron chi connectivity index (χ0n) is 18.3. The molecule has 1 fully saturated rings. The molecule has 31 heavy (non-hydrogen) atoms. The quantitative estimate of drug-likeness (QED) is 0.457. The van der Waals surface area contributed by atoms with Gasteiger partial charge in [-0.25, -0.2) is 8.42 Å². The standard InChI is InChI=1S/C24H28O6S/c1-5-17-10-12-18(13-11-17)20-21(31(27,28)19-14-8-16(4)9-15-19)24(20,22(25)29-6-2)23(26)30-7-3/h8-15,20-21H,5-7H2,1-4H3/t20-,21+/m1/s1. The Morgan fingerprint density at radius 3 is 1.84 bits per heavy atom. The van der Waals surface area contributed by atoms with Gasteiger partial charge in [0.05, 0.1) is 18.1 Å². The fourth-order valence-corrected chi connectivity index (χ4v) is 6.41. The molecule has 0 saturated heterocycles. The van der Waals surface area contributed by atoms with Crippen LogP contribution in [-0.2, 0) is 35.3 Å². The highest BCUT2D eigenvalue weighted by molar-refractivity contribution is 7.92. The van der Waals surface area contributed by atoms with Crippen molar-refractivity contribution in [2.45, 2.75) is 50.2 Å². The lowest BCUT2D eigenvalue weighted by molar-refractivity contribution is -0.164. The number of benzene rings is 2. The van der Waals surface area contributed by atoms with Crippen molar-refractivity contribution in [2.75, 3.05) is 13.2 Å². The van der Waals surface area contributed by atoms with Gasteiger partial charge in [0.2, 0.25) is 0 Å². The van der Waals surface area contributed by atoms with E-state index in [0.717, 1.165) is 17.5 Å². The minimum atomic E-state index is -4.03. The van der Waals surface area contributed by atoms with Crippen molar-refractivity contribution in [3.63, 3.8) is 0 Å². The molecule has 0 bridgehead atoms. The average Bonchev–Trinajstić information content (AvgIpc) is 3.47. The van der Waals surface area contributed by atoms with Crippen LogP contribution in [0.3, 0.4) is 0 Å². The molecule has 1 aliphatic rings. The van der Waals surface area contributed by atoms with Gasteiger partial charge in [-0.3, -0.25) is 9.59 Å². The zero-order valence-corrected chi connectivity index (χ0v) is 19.1. The number of sulfone groups is 1. The molecule has 1 aliphatic carbocycles. The predicted molar refractivity (Wildman–Crippen MR) is 116 cm³/mol. The third-order valence-electron chi connectivity index (χ3n) is 5.79. The molecule has 6 nitrogen and oxygen atoms in total. The van der Waals surface area contributed by atoms with Crippen molar-refractivity contribution >= 4 is 21.8 Å². The topological polar surface area (TPSA) is 86.7 Å². The molecule has 0 N–H and O–H groups in total. The van der Waals surface area contributed by atoms with Crippen molar-refractivity contribution in [1.29, 1.82) is 0 Å². The highest BCUT2D eigenvalue weighted by Crippen LogP contribution is 2.65. The predicted octanol–water partition coefficient (Wildman–Crippen LogP) is 3.61. The highest BCUT2D eigenvalue weighted by atomic mass is 32.2. The van der Waals surface area contributed by atoms with Crippen molar-refractivity contribution in [3.8, 4) is 0 Å². The van der Waals surface area contributed by atoms with Crippen LogP contribution in [0, 0.1) is 12.3 Å². The maximum Gasteiger partial charge on any atom is 0.325 e. The Morgan fingerprint density at radius 2 is 1.39 bits per heavy atom. The lowest BCUT2D eigenvalue weighted by Gasteiger charge is -2.15. The van der Waals surface area contributed by atoms with Gasteiger partial charge in [-0.05, 0) is 50.5 Å². The summed E-state index contributed by atoms with van der Waals surface area (Å²) >= 11 is 0. The SMILES string of the molecule is CCOC(=O)C1(C(=O)OCC)[C@H](c2ccc(CC)cc2)[C@@H]1S(=O)(=O)c1ccc(C)cc1. The summed E-state index contributed by atoms with van der Waals surface area (Å²) < 4.78 is 37.7. The Morgan fingerprint density at radius 1 is 0.871 bits per heavy atom. The van der Waals surface area contributed by atoms with Gasteiger partial charge >= 0.3 is 11.9 Å². The summed E-state index contributed by atoms with van der Waals surface area (Å²) in [6, 6.07) is 13.7. The number of carbonyl (C=O) groups excluding carboxylic acids is 2. The maximum atomic E-state index is 13.6. The number of aryl methyl sites for hydroxylation is 2. The van der Waals surface area contributed by atoms with Gasteiger partial charge in [0.25, 0.3) is 0 Å². The Kier molecular flexibility index (Phi) is 6.55. The molecule has 0 heterocycles. The van der Waals surface area contributed by atoms with Crippen molar-refractivity contribution in [3.05, 3.63) is 65.2 Å². The first-order valence-corrected chi connectivity index (χ1v) is 12.0. The monoisotopic (exact) mass is 444 g/mol. The van der Waals surface area contributed by atoms with Crippen LogP contribution >= 0.6 is 0 Å². The first kappa shape index (κ1) is 23.0. The maximum absolute atomic E-state index is 13.6. The third-order valence-corrected chi connectivity index (χ3v) is 8.03. The van der Waals surface area contributed by atoms with E-state index in [4.69, 9.17) is 9.47 Å². The Labute approximate surface area is 183 Å². The summed E-state index contributed by atoms with van der Waals surface area (Å²) in [6.45, 7) is 7.16. The molecule has 2 atom stereocenters. The fourth-order valence-electron chi connectivity index (χ4n) is 4.12. The number of hydrogen-bond acceptors (Lipinski definition) is 6. The fraction of sp³-hybridized carbons (Fsp3) is 0.417. The van der Waals surface area contributed by atoms with E-state index >= 15 is 0 Å². The summed E-state index contributed by atoms with van der Waals surface area (Å²) in [5.41, 5.74) is 0.645. The van der Waals surface area contributed by atoms with Crippen molar-refractivity contribution in [1.82, 2.24) is 0 Å². The van der Waals surface area contributed by atoms with Gasteiger partial charge in [0.1, 0.15) is 5.25 Å². The molecular formula is C24H28O6S. The number of rotatable bonds is 8. The van der Waals surface area contributed by atoms with Crippen LogP contribution in [0.1, 0.15) is 43.4 Å². The minimum absolute atomic E-state index is 0.0266. The molecule has 0 radical (unpaired) electrons. The van der Waals surface area contributed by atoms with E-state index < -0.39 is 38.4 Å². The van der Waals surface area contributed by atoms with E-state index in [1.54, 1.807) is 38.1 Å². The van der Waals surface area contributed by atoms with Gasteiger partial charge in [-0.1, -0.05) is 48.9 Å². The largest absolute Gasteiger partial charge is 0.465 e. The molecule has 7 heteroatoms. The average molecular weight is 445 g/mol. The summed E-state index contributed by atoms with van der Waals surface area (Å²) in [7, 11) is -4.03. The summed E-state index contributed by atoms with van der Waals surface area (Å²) in [5.74, 6) is -2.61. The molecule has 1 saturated carbocycles. The molecule has 2 aromatic rings. The number of esters is 2. The molecule has 0 spiro atoms. The summed E-state index contributed by atoms with van der Waals surface area (Å²) in [6.07, 6.45) is 0.816. The van der Waals surface area contributed by atoms with Gasteiger partial charge in [0, 0.05) is 5.92 Å². The summed E-state index contributed by atoms with van der Waals surface area (Å²) in [5, 5.41) is -1.30. The normalized spacial score (nSPS) is 19.5. The third kappa shape index (κ3) is 3.87. The second kappa shape index (κ2) is 8.83. The second-order valence-electron chi connectivity index (χ2n) is 7.66. The molecule has 0 unspecified atom stereocenters. The van der Waals surface area contributed by atoms with Crippen LogP contribution in [0.4, 0.5) is 0 Å². The number of carbonyl (C=O) groups is 2. The van der Waals surface area contributed by atoms with Crippen LogP contribution in [0.5, 0.6) is 0 Å². The van der Waals surface area contributed by atoms with Gasteiger partial charge < -0.3 is 9.47 Å². The number of hydrogen-bond donors (Lipinski definition) is 0. The molecular weight excluding hydrogens is 416 g/mol. The van der Waals surface area contributed by atoms with E-state index in [-0.39, 0.29) is 18.1 Å². The first-order valence-electron chi connectivity index (χ1n) is 10.5. The Hall–Kier alpha value is -2.67. The van der Waals surface area contributed by atoms with Crippen LogP contribution in [0.25, 0.3) is 0 Å². The van der Waals surface area contributed by atoms with Gasteiger partial charge in [0.15, 0.2) is 15.3 Å². The molecule has 0 amide bonds. The van der Waals surface area contributed by atoms with E-state index in [1.165, 1.54) is 12.1 Å². The van der Waals surface area contributed by atoms with E-state index in [1.807, 2.05) is 26.0 Å². The summed E-state index contributed by atoms with van der Waals surface area (Å²) in [4.78, 5) is 26.3. The van der Waals surface area contributed by atoms with E-state index in [0.29, 0.717) is 5.56 Å². The molecule has 3 rings (SSSR count). The lowest BCUT2D eigenvalue weighted by atomic mass is 9.98. The van der Waals surface area contributed by atoms with Crippen LogP contribution in [-0.4, -0.2) is 38.8 Å².